The number of para-hydroxylation sites is 1. The summed E-state index contributed by atoms with van der Waals surface area (Å²) in [5.41, 5.74) is 3.49. The molecule has 0 saturated carbocycles. The standard InChI is InChI=1S/C19H15BrN2O/c1-23-19-18(17-10-6-5-7-14(17)12-21)11-15(20)13-22(19)16-8-3-2-4-9-16/h2-11,13,19H,1H3. The summed E-state index contributed by atoms with van der Waals surface area (Å²) in [5.74, 6) is 0. The van der Waals surface area contributed by atoms with Gasteiger partial charge >= 0.3 is 0 Å². The summed E-state index contributed by atoms with van der Waals surface area (Å²) in [4.78, 5) is 2.05. The Bertz CT molecular complexity index is 806. The number of ether oxygens (including phenoxy) is 1. The lowest BCUT2D eigenvalue weighted by atomic mass is 9.96. The number of hydrogen-bond acceptors (Lipinski definition) is 3. The van der Waals surface area contributed by atoms with Gasteiger partial charge in [-0.05, 0) is 45.8 Å². The lowest BCUT2D eigenvalue weighted by Gasteiger charge is -2.34. The topological polar surface area (TPSA) is 36.3 Å². The minimum absolute atomic E-state index is 0.298. The molecule has 0 amide bonds. The summed E-state index contributed by atoms with van der Waals surface area (Å²) in [7, 11) is 1.68. The van der Waals surface area contributed by atoms with E-state index in [1.54, 1.807) is 7.11 Å². The quantitative estimate of drug-likeness (QED) is 0.791. The second-order valence-electron chi connectivity index (χ2n) is 5.10. The number of benzene rings is 2. The van der Waals surface area contributed by atoms with E-state index < -0.39 is 0 Å². The van der Waals surface area contributed by atoms with Gasteiger partial charge in [-0.1, -0.05) is 36.4 Å². The number of halogens is 1. The number of nitriles is 1. The van der Waals surface area contributed by atoms with Crippen LogP contribution in [0, 0.1) is 11.3 Å². The van der Waals surface area contributed by atoms with E-state index in [9.17, 15) is 5.26 Å². The number of allylic oxidation sites excluding steroid dienone is 2. The molecule has 0 fully saturated rings. The molecule has 4 heteroatoms. The van der Waals surface area contributed by atoms with Crippen LogP contribution < -0.4 is 4.90 Å². The lowest BCUT2D eigenvalue weighted by Crippen LogP contribution is -2.35. The van der Waals surface area contributed by atoms with Crippen molar-refractivity contribution in [2.75, 3.05) is 12.0 Å². The molecule has 0 aliphatic carbocycles. The van der Waals surface area contributed by atoms with Crippen LogP contribution in [0.5, 0.6) is 0 Å². The van der Waals surface area contributed by atoms with Crippen LogP contribution in [-0.4, -0.2) is 13.3 Å². The predicted molar refractivity (Wildman–Crippen MR) is 95.9 cm³/mol. The van der Waals surface area contributed by atoms with Crippen molar-refractivity contribution in [1.82, 2.24) is 0 Å². The monoisotopic (exact) mass is 366 g/mol. The van der Waals surface area contributed by atoms with Gasteiger partial charge in [0.25, 0.3) is 0 Å². The first-order valence-electron chi connectivity index (χ1n) is 7.19. The molecule has 2 aromatic carbocycles. The van der Waals surface area contributed by atoms with E-state index in [1.165, 1.54) is 0 Å². The molecular weight excluding hydrogens is 352 g/mol. The first kappa shape index (κ1) is 15.5. The molecule has 2 aromatic rings. The smallest absolute Gasteiger partial charge is 0.160 e. The van der Waals surface area contributed by atoms with Crippen LogP contribution in [0.2, 0.25) is 0 Å². The Kier molecular flexibility index (Phi) is 4.61. The van der Waals surface area contributed by atoms with E-state index in [0.717, 1.165) is 21.3 Å². The molecule has 0 N–H and O–H groups in total. The fourth-order valence-corrected chi connectivity index (χ4v) is 3.17. The average Bonchev–Trinajstić information content (AvgIpc) is 2.61. The second kappa shape index (κ2) is 6.82. The molecule has 1 aliphatic heterocycles. The van der Waals surface area contributed by atoms with Crippen LogP contribution in [0.1, 0.15) is 11.1 Å². The van der Waals surface area contributed by atoms with Gasteiger partial charge in [0.1, 0.15) is 0 Å². The maximum absolute atomic E-state index is 9.40. The van der Waals surface area contributed by atoms with E-state index in [-0.39, 0.29) is 6.23 Å². The van der Waals surface area contributed by atoms with Crippen LogP contribution >= 0.6 is 15.9 Å². The third-order valence-electron chi connectivity index (χ3n) is 3.71. The second-order valence-corrected chi connectivity index (χ2v) is 6.02. The van der Waals surface area contributed by atoms with Crippen LogP contribution in [0.3, 0.4) is 0 Å². The molecule has 1 heterocycles. The summed E-state index contributed by atoms with van der Waals surface area (Å²) in [5, 5.41) is 9.40. The van der Waals surface area contributed by atoms with Crippen LogP contribution in [0.4, 0.5) is 5.69 Å². The number of nitrogens with zero attached hydrogens (tertiary/aromatic N) is 2. The highest BCUT2D eigenvalue weighted by atomic mass is 79.9. The van der Waals surface area contributed by atoms with Gasteiger partial charge in [0.05, 0.1) is 11.6 Å². The highest BCUT2D eigenvalue weighted by molar-refractivity contribution is 9.11. The Morgan fingerprint density at radius 3 is 2.48 bits per heavy atom. The minimum Gasteiger partial charge on any atom is -0.357 e. The summed E-state index contributed by atoms with van der Waals surface area (Å²) < 4.78 is 6.68. The van der Waals surface area contributed by atoms with Gasteiger partial charge in [0.2, 0.25) is 0 Å². The van der Waals surface area contributed by atoms with Crippen LogP contribution in [0.15, 0.2) is 71.4 Å². The van der Waals surface area contributed by atoms with E-state index in [2.05, 4.69) is 22.0 Å². The zero-order valence-electron chi connectivity index (χ0n) is 12.6. The first-order valence-corrected chi connectivity index (χ1v) is 7.98. The molecule has 23 heavy (non-hydrogen) atoms. The third kappa shape index (κ3) is 3.07. The zero-order valence-corrected chi connectivity index (χ0v) is 14.2. The molecule has 114 valence electrons. The number of methoxy groups -OCH3 is 1. The molecule has 0 spiro atoms. The Morgan fingerprint density at radius 2 is 1.78 bits per heavy atom. The molecule has 0 aromatic heterocycles. The Labute approximate surface area is 144 Å². The van der Waals surface area contributed by atoms with Crippen molar-refractivity contribution in [3.63, 3.8) is 0 Å². The van der Waals surface area contributed by atoms with Gasteiger partial charge in [0.15, 0.2) is 6.23 Å². The van der Waals surface area contributed by atoms with Crippen LogP contribution in [-0.2, 0) is 4.74 Å². The van der Waals surface area contributed by atoms with Crippen molar-refractivity contribution < 1.29 is 4.74 Å². The maximum atomic E-state index is 9.40. The molecule has 1 atom stereocenters. The molecule has 3 rings (SSSR count). The van der Waals surface area contributed by atoms with Crippen molar-refractivity contribution in [2.24, 2.45) is 0 Å². The van der Waals surface area contributed by atoms with Gasteiger partial charge in [-0.2, -0.15) is 5.26 Å². The molecular formula is C19H15BrN2O. The lowest BCUT2D eigenvalue weighted by molar-refractivity contribution is 0.151. The van der Waals surface area contributed by atoms with Gasteiger partial charge in [-0.3, -0.25) is 0 Å². The van der Waals surface area contributed by atoms with Crippen molar-refractivity contribution in [3.05, 3.63) is 82.5 Å². The predicted octanol–water partition coefficient (Wildman–Crippen LogP) is 4.67. The zero-order chi connectivity index (χ0) is 16.2. The minimum atomic E-state index is -0.298. The van der Waals surface area contributed by atoms with Gasteiger partial charge in [-0.25, -0.2) is 0 Å². The Hall–Kier alpha value is -2.35. The molecule has 0 saturated heterocycles. The molecule has 1 aliphatic rings. The maximum Gasteiger partial charge on any atom is 0.160 e. The Balaban J connectivity index is 2.10. The highest BCUT2D eigenvalue weighted by Crippen LogP contribution is 2.35. The van der Waals surface area contributed by atoms with E-state index >= 15 is 0 Å². The van der Waals surface area contributed by atoms with Gasteiger partial charge in [0, 0.05) is 29.1 Å². The average molecular weight is 367 g/mol. The molecule has 0 radical (unpaired) electrons. The largest absolute Gasteiger partial charge is 0.357 e. The summed E-state index contributed by atoms with van der Waals surface area (Å²) in [6.07, 6.45) is 3.69. The number of anilines is 1. The van der Waals surface area contributed by atoms with Crippen molar-refractivity contribution in [1.29, 1.82) is 5.26 Å². The fourth-order valence-electron chi connectivity index (χ4n) is 2.70. The van der Waals surface area contributed by atoms with Gasteiger partial charge in [-0.15, -0.1) is 0 Å². The SMILES string of the molecule is COC1C(c2ccccc2C#N)=CC(Br)=CN1c1ccccc1. The summed E-state index contributed by atoms with van der Waals surface area (Å²) in [6, 6.07) is 19.9. The van der Waals surface area contributed by atoms with Crippen LogP contribution in [0.25, 0.3) is 5.57 Å². The third-order valence-corrected chi connectivity index (χ3v) is 4.14. The molecule has 3 nitrogen and oxygen atoms in total. The molecule has 0 bridgehead atoms. The van der Waals surface area contributed by atoms with Gasteiger partial charge < -0.3 is 9.64 Å². The number of hydrogen-bond donors (Lipinski definition) is 0. The summed E-state index contributed by atoms with van der Waals surface area (Å²) >= 11 is 3.57. The highest BCUT2D eigenvalue weighted by Gasteiger charge is 2.27. The van der Waals surface area contributed by atoms with E-state index in [4.69, 9.17) is 4.74 Å². The number of rotatable bonds is 3. The summed E-state index contributed by atoms with van der Waals surface area (Å²) in [6.45, 7) is 0. The van der Waals surface area contributed by atoms with Crippen molar-refractivity contribution >= 4 is 27.2 Å². The Morgan fingerprint density at radius 1 is 1.09 bits per heavy atom. The van der Waals surface area contributed by atoms with Crippen molar-refractivity contribution in [2.45, 2.75) is 6.23 Å². The molecule has 1 unspecified atom stereocenters. The fraction of sp³-hybridized carbons (Fsp3) is 0.105. The first-order chi connectivity index (χ1) is 11.2. The van der Waals surface area contributed by atoms with E-state index in [1.807, 2.05) is 71.8 Å². The van der Waals surface area contributed by atoms with Crippen molar-refractivity contribution in [3.8, 4) is 6.07 Å². The normalized spacial score (nSPS) is 17.3. The van der Waals surface area contributed by atoms with E-state index in [0.29, 0.717) is 5.56 Å².